The Bertz CT molecular complexity index is 908. The van der Waals surface area contributed by atoms with E-state index in [4.69, 9.17) is 4.74 Å². The molecule has 0 spiro atoms. The zero-order chi connectivity index (χ0) is 23.2. The fourth-order valence-electron chi connectivity index (χ4n) is 3.91. The molecule has 0 atom stereocenters. The number of unbranched alkanes of at least 4 members (excludes halogenated alkanes) is 11. The van der Waals surface area contributed by atoms with Gasteiger partial charge in [-0.05, 0) is 37.1 Å². The van der Waals surface area contributed by atoms with Gasteiger partial charge >= 0.3 is 0 Å². The molecule has 0 unspecified atom stereocenters. The summed E-state index contributed by atoms with van der Waals surface area (Å²) in [6.07, 6.45) is 15.7. The highest BCUT2D eigenvalue weighted by atomic mass is 32.2. The monoisotopic (exact) mass is 462 g/mol. The van der Waals surface area contributed by atoms with Gasteiger partial charge in [0.2, 0.25) is 0 Å². The van der Waals surface area contributed by atoms with Crippen molar-refractivity contribution in [3.05, 3.63) is 48.0 Å². The van der Waals surface area contributed by atoms with Crippen molar-refractivity contribution in [1.29, 1.82) is 0 Å². The van der Waals surface area contributed by atoms with Crippen LogP contribution < -0.4 is 4.74 Å². The van der Waals surface area contributed by atoms with Gasteiger partial charge in [0.25, 0.3) is 10.1 Å². The summed E-state index contributed by atoms with van der Waals surface area (Å²) in [5.41, 5.74) is 0.657. The van der Waals surface area contributed by atoms with E-state index in [-0.39, 0.29) is 16.4 Å². The first-order chi connectivity index (χ1) is 15.4. The molecule has 0 aromatic heterocycles. The predicted octanol–water partition coefficient (Wildman–Crippen LogP) is 7.67. The molecule has 0 heterocycles. The van der Waals surface area contributed by atoms with E-state index in [1.165, 1.54) is 82.4 Å². The Morgan fingerprint density at radius 3 is 1.84 bits per heavy atom. The fourth-order valence-corrected chi connectivity index (χ4v) is 4.52. The van der Waals surface area contributed by atoms with Gasteiger partial charge < -0.3 is 9.84 Å². The van der Waals surface area contributed by atoms with Crippen molar-refractivity contribution < 1.29 is 22.8 Å². The van der Waals surface area contributed by atoms with E-state index in [2.05, 4.69) is 6.92 Å². The molecule has 32 heavy (non-hydrogen) atoms. The maximum atomic E-state index is 11.6. The van der Waals surface area contributed by atoms with E-state index >= 15 is 0 Å². The molecule has 6 heteroatoms. The van der Waals surface area contributed by atoms with Gasteiger partial charge in [-0.15, -0.1) is 0 Å². The minimum atomic E-state index is -4.40. The second-order valence-corrected chi connectivity index (χ2v) is 9.81. The lowest BCUT2D eigenvalue weighted by atomic mass is 10.0. The summed E-state index contributed by atoms with van der Waals surface area (Å²) < 4.78 is 38.5. The Balaban J connectivity index is 1.79. The predicted molar refractivity (Wildman–Crippen MR) is 129 cm³/mol. The lowest BCUT2D eigenvalue weighted by molar-refractivity contribution is 0.429. The number of hydrogen-bond donors (Lipinski definition) is 2. The number of hydrogen-bond acceptors (Lipinski definition) is 4. The average molecular weight is 463 g/mol. The lowest BCUT2D eigenvalue weighted by Gasteiger charge is -2.14. The third kappa shape index (κ3) is 9.21. The second kappa shape index (κ2) is 14.2. The maximum absolute atomic E-state index is 11.6. The van der Waals surface area contributed by atoms with E-state index in [9.17, 15) is 18.1 Å². The second-order valence-electron chi connectivity index (χ2n) is 8.42. The van der Waals surface area contributed by atoms with Gasteiger partial charge in [-0.1, -0.05) is 95.8 Å². The van der Waals surface area contributed by atoms with Crippen molar-refractivity contribution in [2.75, 3.05) is 0 Å². The molecule has 0 aliphatic rings. The molecule has 0 fully saturated rings. The molecule has 0 amide bonds. The van der Waals surface area contributed by atoms with Crippen LogP contribution in [-0.2, 0) is 16.5 Å². The van der Waals surface area contributed by atoms with Crippen molar-refractivity contribution in [2.45, 2.75) is 95.3 Å². The molecule has 2 aromatic rings. The van der Waals surface area contributed by atoms with E-state index in [1.54, 1.807) is 24.3 Å². The zero-order valence-corrected chi connectivity index (χ0v) is 20.1. The largest absolute Gasteiger partial charge is 0.508 e. The topological polar surface area (TPSA) is 83.8 Å². The number of rotatable bonds is 16. The van der Waals surface area contributed by atoms with Gasteiger partial charge in [0.1, 0.15) is 22.1 Å². The summed E-state index contributed by atoms with van der Waals surface area (Å²) >= 11 is 0. The highest BCUT2D eigenvalue weighted by molar-refractivity contribution is 7.86. The molecule has 0 aliphatic heterocycles. The Labute approximate surface area is 193 Å². The minimum Gasteiger partial charge on any atom is -0.508 e. The van der Waals surface area contributed by atoms with Crippen LogP contribution in [0.5, 0.6) is 17.2 Å². The van der Waals surface area contributed by atoms with Crippen LogP contribution in [0.3, 0.4) is 0 Å². The van der Waals surface area contributed by atoms with Crippen LogP contribution in [0.25, 0.3) is 0 Å². The molecule has 2 aromatic carbocycles. The van der Waals surface area contributed by atoms with E-state index < -0.39 is 10.1 Å². The van der Waals surface area contributed by atoms with Crippen LogP contribution in [0.15, 0.2) is 47.4 Å². The summed E-state index contributed by atoms with van der Waals surface area (Å²) in [5.74, 6) is 0.579. The Kier molecular flexibility index (Phi) is 11.6. The van der Waals surface area contributed by atoms with Crippen LogP contribution in [0.1, 0.15) is 89.5 Å². The summed E-state index contributed by atoms with van der Waals surface area (Å²) in [6, 6.07) is 10.9. The number of phenolic OH excluding ortho intramolecular Hbond substituents is 1. The number of ether oxygens (including phenoxy) is 1. The van der Waals surface area contributed by atoms with Gasteiger partial charge in [0.05, 0.1) is 0 Å². The summed E-state index contributed by atoms with van der Waals surface area (Å²) in [7, 11) is -4.40. The van der Waals surface area contributed by atoms with Gasteiger partial charge in [-0.25, -0.2) is 0 Å². The van der Waals surface area contributed by atoms with Crippen molar-refractivity contribution >= 4 is 10.1 Å². The zero-order valence-electron chi connectivity index (χ0n) is 19.3. The number of benzene rings is 2. The minimum absolute atomic E-state index is 0.0385. The van der Waals surface area contributed by atoms with E-state index in [1.807, 2.05) is 0 Å². The maximum Gasteiger partial charge on any atom is 0.298 e. The molecule has 0 radical (unpaired) electrons. The standard InChI is InChI=1S/C26H38O5S/c1-2-3-4-5-6-7-8-9-10-11-12-13-17-22-23(27)18-16-20-24(22)31-25-19-14-15-21-26(25)32(28,29)30/h14-16,18-21,27H,2-13,17H2,1H3,(H,28,29,30). The quantitative estimate of drug-likeness (QED) is 0.197. The van der Waals surface area contributed by atoms with Gasteiger partial charge in [-0.2, -0.15) is 8.42 Å². The molecular weight excluding hydrogens is 424 g/mol. The molecule has 0 saturated carbocycles. The van der Waals surface area contributed by atoms with Gasteiger partial charge in [-0.3, -0.25) is 4.55 Å². The normalized spacial score (nSPS) is 11.6. The summed E-state index contributed by atoms with van der Waals surface area (Å²) in [6.45, 7) is 2.25. The Morgan fingerprint density at radius 2 is 1.25 bits per heavy atom. The van der Waals surface area contributed by atoms with Crippen LogP contribution in [0.4, 0.5) is 0 Å². The molecule has 2 N–H and O–H groups in total. The fraction of sp³-hybridized carbons (Fsp3) is 0.538. The third-order valence-corrected chi connectivity index (χ3v) is 6.63. The van der Waals surface area contributed by atoms with E-state index in [0.717, 1.165) is 12.8 Å². The first kappa shape index (κ1) is 26.2. The highest BCUT2D eigenvalue weighted by Crippen LogP contribution is 2.35. The smallest absolute Gasteiger partial charge is 0.298 e. The molecule has 0 saturated heterocycles. The first-order valence-corrected chi connectivity index (χ1v) is 13.4. The molecular formula is C26H38O5S. The van der Waals surface area contributed by atoms with Crippen molar-refractivity contribution in [1.82, 2.24) is 0 Å². The van der Waals surface area contributed by atoms with E-state index in [0.29, 0.717) is 17.7 Å². The Hall–Kier alpha value is -2.05. The van der Waals surface area contributed by atoms with Gasteiger partial charge in [0, 0.05) is 5.56 Å². The molecule has 5 nitrogen and oxygen atoms in total. The van der Waals surface area contributed by atoms with Crippen LogP contribution in [-0.4, -0.2) is 18.1 Å². The lowest BCUT2D eigenvalue weighted by Crippen LogP contribution is -2.02. The van der Waals surface area contributed by atoms with Crippen molar-refractivity contribution in [3.8, 4) is 17.2 Å². The number of aromatic hydroxyl groups is 1. The average Bonchev–Trinajstić information content (AvgIpc) is 2.76. The molecule has 2 rings (SSSR count). The molecule has 178 valence electrons. The summed E-state index contributed by atoms with van der Waals surface area (Å²) in [5, 5.41) is 10.3. The Morgan fingerprint density at radius 1 is 0.719 bits per heavy atom. The van der Waals surface area contributed by atoms with Crippen molar-refractivity contribution in [3.63, 3.8) is 0 Å². The highest BCUT2D eigenvalue weighted by Gasteiger charge is 2.18. The van der Waals surface area contributed by atoms with Crippen LogP contribution in [0.2, 0.25) is 0 Å². The SMILES string of the molecule is CCCCCCCCCCCCCCc1c(O)cccc1Oc1ccccc1S(=O)(=O)O. The third-order valence-electron chi connectivity index (χ3n) is 5.74. The number of phenols is 1. The molecule has 0 aliphatic carbocycles. The van der Waals surface area contributed by atoms with Crippen molar-refractivity contribution in [2.24, 2.45) is 0 Å². The van der Waals surface area contributed by atoms with Crippen LogP contribution >= 0.6 is 0 Å². The van der Waals surface area contributed by atoms with Gasteiger partial charge in [0.15, 0.2) is 0 Å². The molecule has 0 bridgehead atoms. The van der Waals surface area contributed by atoms with Crippen LogP contribution in [0, 0.1) is 0 Å². The summed E-state index contributed by atoms with van der Waals surface area (Å²) in [4.78, 5) is -0.292. The number of para-hydroxylation sites is 1. The first-order valence-electron chi connectivity index (χ1n) is 12.0.